The van der Waals surface area contributed by atoms with Gasteiger partial charge in [-0.2, -0.15) is 0 Å². The van der Waals surface area contributed by atoms with Crippen LogP contribution < -0.4 is 16.0 Å². The van der Waals surface area contributed by atoms with Crippen molar-refractivity contribution in [3.05, 3.63) is 120 Å². The first-order valence-corrected chi connectivity index (χ1v) is 19.3. The third kappa shape index (κ3) is 12.7. The number of rotatable bonds is 18. The molecule has 0 aliphatic rings. The zero-order valence-electron chi connectivity index (χ0n) is 34.1. The van der Waals surface area contributed by atoms with Crippen LogP contribution in [0.5, 0.6) is 0 Å². The summed E-state index contributed by atoms with van der Waals surface area (Å²) >= 11 is 0. The van der Waals surface area contributed by atoms with Gasteiger partial charge in [-0.3, -0.25) is 14.4 Å². The number of carboxylic acid groups (broad SMARTS) is 1. The lowest BCUT2D eigenvalue weighted by atomic mass is 9.82. The minimum absolute atomic E-state index is 0.000826. The summed E-state index contributed by atoms with van der Waals surface area (Å²) in [6.45, 7) is 9.35. The van der Waals surface area contributed by atoms with E-state index in [0.717, 1.165) is 29.3 Å². The predicted octanol–water partition coefficient (Wildman–Crippen LogP) is 5.80. The zero-order chi connectivity index (χ0) is 43.4. The number of aliphatic hydroxyl groups is 1. The van der Waals surface area contributed by atoms with Crippen molar-refractivity contribution in [2.24, 2.45) is 11.3 Å². The van der Waals surface area contributed by atoms with E-state index in [1.165, 1.54) is 11.8 Å². The minimum Gasteiger partial charge on any atom is -0.480 e. The molecule has 0 bridgehead atoms. The maximum atomic E-state index is 15.1. The van der Waals surface area contributed by atoms with Gasteiger partial charge in [-0.15, -0.1) is 0 Å². The van der Waals surface area contributed by atoms with E-state index >= 15 is 4.39 Å². The summed E-state index contributed by atoms with van der Waals surface area (Å²) in [5.74, 6) is -5.41. The van der Waals surface area contributed by atoms with E-state index in [9.17, 15) is 38.6 Å². The first kappa shape index (κ1) is 45.6. The highest BCUT2D eigenvalue weighted by molar-refractivity contribution is 5.92. The Morgan fingerprint density at radius 3 is 2.03 bits per heavy atom. The van der Waals surface area contributed by atoms with Crippen LogP contribution >= 0.6 is 0 Å². The highest BCUT2D eigenvalue weighted by Crippen LogP contribution is 2.41. The van der Waals surface area contributed by atoms with Gasteiger partial charge in [-0.05, 0) is 60.1 Å². The predicted molar refractivity (Wildman–Crippen MR) is 216 cm³/mol. The third-order valence-electron chi connectivity index (χ3n) is 9.69. The van der Waals surface area contributed by atoms with Crippen molar-refractivity contribution in [2.75, 3.05) is 13.2 Å². The maximum Gasteiger partial charge on any atom is 0.408 e. The number of aliphatic carboxylic acids is 1. The van der Waals surface area contributed by atoms with Crippen molar-refractivity contribution < 1.29 is 47.7 Å². The Labute approximate surface area is 342 Å². The molecule has 1 heterocycles. The quantitative estimate of drug-likeness (QED) is 0.0836. The number of nitrogens with zero attached hydrogens (tertiary/aromatic N) is 2. The van der Waals surface area contributed by atoms with Gasteiger partial charge in [-0.25, -0.2) is 18.4 Å². The average molecular weight is 818 g/mol. The monoisotopic (exact) mass is 817 g/mol. The second-order valence-corrected chi connectivity index (χ2v) is 15.8. The van der Waals surface area contributed by atoms with Gasteiger partial charge in [-0.1, -0.05) is 95.3 Å². The molecule has 0 aliphatic heterocycles. The average Bonchev–Trinajstić information content (AvgIpc) is 3.59. The van der Waals surface area contributed by atoms with Gasteiger partial charge in [0.05, 0.1) is 6.04 Å². The summed E-state index contributed by atoms with van der Waals surface area (Å²) in [6, 6.07) is 18.3. The molecule has 0 fully saturated rings. The highest BCUT2D eigenvalue weighted by atomic mass is 19.1. The van der Waals surface area contributed by atoms with Crippen LogP contribution in [0.2, 0.25) is 0 Å². The fraction of sp³-hybridized carbons (Fsp3) is 0.386. The van der Waals surface area contributed by atoms with Crippen molar-refractivity contribution in [3.63, 3.8) is 0 Å². The van der Waals surface area contributed by atoms with Crippen LogP contribution in [0, 0.1) is 23.0 Å². The maximum absolute atomic E-state index is 15.1. The molecule has 3 aromatic carbocycles. The molecule has 15 heteroatoms. The van der Waals surface area contributed by atoms with Crippen LogP contribution in [0.3, 0.4) is 0 Å². The smallest absolute Gasteiger partial charge is 0.408 e. The Hall–Kier alpha value is -6.09. The second kappa shape index (κ2) is 20.6. The lowest BCUT2D eigenvalue weighted by Crippen LogP contribution is -2.56. The van der Waals surface area contributed by atoms with Crippen LogP contribution in [0.4, 0.5) is 13.6 Å². The first-order chi connectivity index (χ1) is 27.9. The molecule has 0 saturated carbocycles. The van der Waals surface area contributed by atoms with Gasteiger partial charge in [0.2, 0.25) is 17.7 Å². The van der Waals surface area contributed by atoms with Gasteiger partial charge in [0.25, 0.3) is 0 Å². The molecule has 4 amide bonds. The molecule has 0 spiro atoms. The number of ether oxygens (including phenoxy) is 1. The van der Waals surface area contributed by atoms with Gasteiger partial charge in [0.15, 0.2) is 0 Å². The number of hydrogen-bond acceptors (Lipinski definition) is 7. The van der Waals surface area contributed by atoms with E-state index in [0.29, 0.717) is 11.3 Å². The van der Waals surface area contributed by atoms with Crippen LogP contribution in [0.25, 0.3) is 11.1 Å². The third-order valence-corrected chi connectivity index (χ3v) is 9.69. The summed E-state index contributed by atoms with van der Waals surface area (Å²) in [7, 11) is 0. The molecule has 4 rings (SSSR count). The Kier molecular flexibility index (Phi) is 15.9. The largest absolute Gasteiger partial charge is 0.480 e. The Morgan fingerprint density at radius 1 is 0.831 bits per heavy atom. The van der Waals surface area contributed by atoms with Crippen LogP contribution in [0.15, 0.2) is 91.1 Å². The molecular weight excluding hydrogens is 765 g/mol. The van der Waals surface area contributed by atoms with E-state index in [1.54, 1.807) is 50.4 Å². The van der Waals surface area contributed by atoms with Crippen molar-refractivity contribution in [3.8, 4) is 11.1 Å². The fourth-order valence-electron chi connectivity index (χ4n) is 6.72. The summed E-state index contributed by atoms with van der Waals surface area (Å²) in [5.41, 5.74) is 1.69. The highest BCUT2D eigenvalue weighted by Gasteiger charge is 2.38. The first-order valence-electron chi connectivity index (χ1n) is 19.3. The number of halogens is 2. The van der Waals surface area contributed by atoms with E-state index in [4.69, 9.17) is 4.74 Å². The van der Waals surface area contributed by atoms with Gasteiger partial charge < -0.3 is 40.4 Å². The van der Waals surface area contributed by atoms with Gasteiger partial charge >= 0.3 is 12.1 Å². The molecule has 1 aromatic heterocycles. The molecule has 59 heavy (non-hydrogen) atoms. The van der Waals surface area contributed by atoms with Crippen molar-refractivity contribution in [1.29, 1.82) is 0 Å². The zero-order valence-corrected chi connectivity index (χ0v) is 34.1. The summed E-state index contributed by atoms with van der Waals surface area (Å²) in [6.07, 6.45) is 0.503. The molecule has 5 N–H and O–H groups in total. The number of aliphatic hydroxyl groups excluding tert-OH is 1. The number of carbonyl (C=O) groups is 5. The van der Waals surface area contributed by atoms with Crippen LogP contribution in [-0.2, 0) is 37.1 Å². The molecule has 316 valence electrons. The topological polar surface area (TPSA) is 179 Å². The van der Waals surface area contributed by atoms with Crippen molar-refractivity contribution in [1.82, 2.24) is 25.4 Å². The van der Waals surface area contributed by atoms with Crippen molar-refractivity contribution in [2.45, 2.75) is 85.3 Å². The Bertz CT molecular complexity index is 2070. The van der Waals surface area contributed by atoms with Gasteiger partial charge in [0, 0.05) is 36.1 Å². The minimum atomic E-state index is -1.54. The molecule has 13 nitrogen and oxygen atoms in total. The Morgan fingerprint density at radius 2 is 1.46 bits per heavy atom. The van der Waals surface area contributed by atoms with Gasteiger partial charge in [0.1, 0.15) is 43.0 Å². The van der Waals surface area contributed by atoms with Crippen LogP contribution in [0.1, 0.15) is 70.8 Å². The van der Waals surface area contributed by atoms with E-state index in [1.807, 2.05) is 61.7 Å². The van der Waals surface area contributed by atoms with E-state index < -0.39 is 83.5 Å². The SMILES string of the molecule is CC(NC(=O)C(NC(=O)OCc1ccccc1)C(C)C)C(=O)NC(CCN(C(=O)CO)C(c1cc(-c2cc(F)ccc2F)cn1Cc1ccccc1)C(C)(C)C)C(=O)O. The molecular formula is C44H53F2N5O8. The number of benzene rings is 3. The molecule has 0 saturated heterocycles. The number of carbonyl (C=O) groups excluding carboxylic acids is 4. The van der Waals surface area contributed by atoms with E-state index in [-0.39, 0.29) is 31.7 Å². The fourth-order valence-corrected chi connectivity index (χ4v) is 6.72. The van der Waals surface area contributed by atoms with Crippen LogP contribution in [-0.4, -0.2) is 80.7 Å². The van der Waals surface area contributed by atoms with E-state index in [2.05, 4.69) is 16.0 Å². The summed E-state index contributed by atoms with van der Waals surface area (Å²) < 4.78 is 36.5. The summed E-state index contributed by atoms with van der Waals surface area (Å²) in [4.78, 5) is 66.6. The number of amides is 4. The normalized spacial score (nSPS) is 13.5. The standard InChI is InChI=1S/C44H53F2N5O8/c1-27(2)38(49-43(58)59-26-30-15-11-8-12-16-30)41(55)47-28(3)40(54)48-35(42(56)57)19-20-51(37(53)25-52)39(44(4,5)6)36-21-31(33-22-32(45)17-18-34(33)46)24-50(36)23-29-13-9-7-10-14-29/h7-18,21-22,24,27-28,35,38-39,52H,19-20,23,25-26H2,1-6H3,(H,47,55)(H,48,54)(H,49,58)(H,56,57). The molecule has 4 unspecified atom stereocenters. The molecule has 0 radical (unpaired) electrons. The molecule has 0 aliphatic carbocycles. The molecule has 4 atom stereocenters. The summed E-state index contributed by atoms with van der Waals surface area (Å²) in [5, 5.41) is 27.8. The lowest BCUT2D eigenvalue weighted by molar-refractivity contribution is -0.144. The Balaban J connectivity index is 1.54. The number of nitrogens with one attached hydrogen (secondary N) is 3. The number of aromatic nitrogens is 1. The molecule has 4 aromatic rings. The number of carboxylic acids is 1. The lowest BCUT2D eigenvalue weighted by Gasteiger charge is -2.41. The second-order valence-electron chi connectivity index (χ2n) is 15.8. The van der Waals surface area contributed by atoms with Crippen molar-refractivity contribution >= 4 is 29.8 Å². The number of alkyl carbamates (subject to hydrolysis) is 1. The number of hydrogen-bond donors (Lipinski definition) is 5.